The van der Waals surface area contributed by atoms with Gasteiger partial charge in [0.05, 0.1) is 13.1 Å². The van der Waals surface area contributed by atoms with E-state index in [1.807, 2.05) is 6.08 Å². The molecule has 0 unspecified atom stereocenters. The van der Waals surface area contributed by atoms with Gasteiger partial charge in [-0.3, -0.25) is 5.32 Å². The highest BCUT2D eigenvalue weighted by atomic mass is 15.3. The molecule has 3 heteroatoms. The van der Waals surface area contributed by atoms with Crippen LogP contribution in [0.15, 0.2) is 36.9 Å². The molecule has 0 radical (unpaired) electrons. The topological polar surface area (TPSA) is 20.8 Å². The van der Waals surface area contributed by atoms with Crippen molar-refractivity contribution < 1.29 is 4.57 Å². The van der Waals surface area contributed by atoms with Crippen molar-refractivity contribution in [3.05, 3.63) is 36.9 Å². The Kier molecular flexibility index (Phi) is 1.78. The molecule has 2 heterocycles. The van der Waals surface area contributed by atoms with Crippen LogP contribution in [0.3, 0.4) is 0 Å². The molecule has 0 atom stereocenters. The monoisotopic (exact) mass is 200 g/mol. The van der Waals surface area contributed by atoms with Crippen molar-refractivity contribution in [1.82, 2.24) is 4.57 Å². The third-order valence-electron chi connectivity index (χ3n) is 2.90. The molecule has 0 fully saturated rings. The van der Waals surface area contributed by atoms with Crippen LogP contribution in [0.25, 0.3) is 11.0 Å². The quantitative estimate of drug-likeness (QED) is 0.576. The summed E-state index contributed by atoms with van der Waals surface area (Å²) in [6, 6.07) is 8.50. The highest BCUT2D eigenvalue weighted by Gasteiger charge is 2.26. The minimum atomic E-state index is 0.857. The third kappa shape index (κ3) is 1.09. The van der Waals surface area contributed by atoms with Gasteiger partial charge in [-0.05, 0) is 12.1 Å². The predicted molar refractivity (Wildman–Crippen MR) is 60.8 cm³/mol. The smallest absolute Gasteiger partial charge is 0.274 e. The molecule has 0 bridgehead atoms. The van der Waals surface area contributed by atoms with Crippen LogP contribution in [-0.4, -0.2) is 11.1 Å². The highest BCUT2D eigenvalue weighted by Crippen LogP contribution is 2.19. The standard InChI is InChI=1S/C12H13N3/c1-2-8-14-10-5-3-4-6-11(10)15-9-7-13-12(14)15/h2-6H,1,7-9H2/p+1. The van der Waals surface area contributed by atoms with Crippen molar-refractivity contribution in [1.29, 1.82) is 0 Å². The van der Waals surface area contributed by atoms with Gasteiger partial charge in [-0.2, -0.15) is 0 Å². The molecule has 76 valence electrons. The molecule has 1 aromatic heterocycles. The number of rotatable bonds is 2. The molecule has 0 saturated heterocycles. The normalized spacial score (nSPS) is 13.9. The van der Waals surface area contributed by atoms with Crippen molar-refractivity contribution in [3.8, 4) is 0 Å². The summed E-state index contributed by atoms with van der Waals surface area (Å²) in [6.07, 6.45) is 1.94. The molecule has 2 aromatic rings. The summed E-state index contributed by atoms with van der Waals surface area (Å²) < 4.78 is 4.61. The van der Waals surface area contributed by atoms with Crippen molar-refractivity contribution in [3.63, 3.8) is 0 Å². The Morgan fingerprint density at radius 1 is 1.47 bits per heavy atom. The molecule has 0 saturated carbocycles. The first kappa shape index (κ1) is 8.53. The second-order valence-electron chi connectivity index (χ2n) is 3.79. The van der Waals surface area contributed by atoms with Gasteiger partial charge in [0.25, 0.3) is 0 Å². The van der Waals surface area contributed by atoms with E-state index in [-0.39, 0.29) is 0 Å². The molecule has 0 aliphatic carbocycles. The van der Waals surface area contributed by atoms with Crippen molar-refractivity contribution in [2.75, 3.05) is 11.9 Å². The number of imidazole rings is 1. The number of benzene rings is 1. The minimum absolute atomic E-state index is 0.857. The summed E-state index contributed by atoms with van der Waals surface area (Å²) in [7, 11) is 0. The minimum Gasteiger partial charge on any atom is -0.274 e. The number of nitrogens with one attached hydrogen (secondary N) is 1. The zero-order chi connectivity index (χ0) is 10.3. The highest BCUT2D eigenvalue weighted by molar-refractivity contribution is 5.74. The summed E-state index contributed by atoms with van der Waals surface area (Å²) in [5.74, 6) is 1.20. The van der Waals surface area contributed by atoms with Crippen LogP contribution in [0, 0.1) is 0 Å². The van der Waals surface area contributed by atoms with Gasteiger partial charge in [-0.15, -0.1) is 0 Å². The Hall–Kier alpha value is -1.77. The van der Waals surface area contributed by atoms with E-state index in [0.29, 0.717) is 0 Å². The molecule has 1 aromatic carbocycles. The first-order valence-electron chi connectivity index (χ1n) is 5.27. The summed E-state index contributed by atoms with van der Waals surface area (Å²) in [5, 5.41) is 3.42. The second kappa shape index (κ2) is 3.12. The van der Waals surface area contributed by atoms with Crippen LogP contribution in [0.4, 0.5) is 5.95 Å². The van der Waals surface area contributed by atoms with Gasteiger partial charge < -0.3 is 0 Å². The van der Waals surface area contributed by atoms with Gasteiger partial charge in [-0.25, -0.2) is 9.13 Å². The van der Waals surface area contributed by atoms with E-state index in [2.05, 4.69) is 45.3 Å². The van der Waals surface area contributed by atoms with Gasteiger partial charge in [0.1, 0.15) is 17.6 Å². The first-order chi connectivity index (χ1) is 7.42. The number of nitrogens with zero attached hydrogens (tertiary/aromatic N) is 2. The third-order valence-corrected chi connectivity index (χ3v) is 2.90. The Labute approximate surface area is 88.6 Å². The Morgan fingerprint density at radius 2 is 2.33 bits per heavy atom. The first-order valence-corrected chi connectivity index (χ1v) is 5.27. The number of hydrogen-bond acceptors (Lipinski definition) is 1. The number of para-hydroxylation sites is 2. The second-order valence-corrected chi connectivity index (χ2v) is 3.79. The molecular formula is C12H14N3+. The molecule has 1 N–H and O–H groups in total. The van der Waals surface area contributed by atoms with Crippen LogP contribution in [0.2, 0.25) is 0 Å². The molecule has 0 amide bonds. The van der Waals surface area contributed by atoms with E-state index in [4.69, 9.17) is 0 Å². The lowest BCUT2D eigenvalue weighted by molar-refractivity contribution is -0.644. The lowest BCUT2D eigenvalue weighted by Crippen LogP contribution is -2.29. The summed E-state index contributed by atoms with van der Waals surface area (Å²) in [5.41, 5.74) is 2.58. The van der Waals surface area contributed by atoms with Gasteiger partial charge in [-0.1, -0.05) is 24.8 Å². The van der Waals surface area contributed by atoms with Gasteiger partial charge in [0.15, 0.2) is 0 Å². The molecule has 1 aliphatic heterocycles. The lowest BCUT2D eigenvalue weighted by Gasteiger charge is -1.96. The molecule has 3 nitrogen and oxygen atoms in total. The molecule has 0 spiro atoms. The van der Waals surface area contributed by atoms with E-state index < -0.39 is 0 Å². The van der Waals surface area contributed by atoms with Crippen LogP contribution in [0.1, 0.15) is 0 Å². The zero-order valence-electron chi connectivity index (χ0n) is 8.61. The lowest BCUT2D eigenvalue weighted by atomic mass is 10.3. The fourth-order valence-electron chi connectivity index (χ4n) is 2.31. The predicted octanol–water partition coefficient (Wildman–Crippen LogP) is 1.54. The summed E-state index contributed by atoms with van der Waals surface area (Å²) in [4.78, 5) is 0. The van der Waals surface area contributed by atoms with Crippen LogP contribution >= 0.6 is 0 Å². The Morgan fingerprint density at radius 3 is 3.20 bits per heavy atom. The number of hydrogen-bond donors (Lipinski definition) is 1. The molecule has 15 heavy (non-hydrogen) atoms. The number of allylic oxidation sites excluding steroid dienone is 1. The van der Waals surface area contributed by atoms with Crippen LogP contribution in [-0.2, 0) is 13.1 Å². The summed E-state index contributed by atoms with van der Waals surface area (Å²) >= 11 is 0. The summed E-state index contributed by atoms with van der Waals surface area (Å²) in [6.45, 7) is 6.75. The maximum absolute atomic E-state index is 3.81. The van der Waals surface area contributed by atoms with E-state index >= 15 is 0 Å². The largest absolute Gasteiger partial charge is 0.358 e. The number of aromatic nitrogens is 2. The average molecular weight is 200 g/mol. The molecule has 1 aliphatic rings. The van der Waals surface area contributed by atoms with Crippen molar-refractivity contribution in [2.24, 2.45) is 0 Å². The number of anilines is 1. The fraction of sp³-hybridized carbons (Fsp3) is 0.250. The zero-order valence-corrected chi connectivity index (χ0v) is 8.61. The number of fused-ring (bicyclic) bond motifs is 3. The van der Waals surface area contributed by atoms with Crippen molar-refractivity contribution >= 4 is 17.0 Å². The maximum atomic E-state index is 3.81. The Bertz CT molecular complexity index is 525. The maximum Gasteiger partial charge on any atom is 0.358 e. The van der Waals surface area contributed by atoms with E-state index in [1.165, 1.54) is 17.0 Å². The Balaban J connectivity index is 2.35. The van der Waals surface area contributed by atoms with E-state index in [0.717, 1.165) is 19.6 Å². The SMILES string of the molecule is C=CCn1c2[n+](c3ccccc31)CCN2. The molecule has 3 rings (SSSR count). The molecular weight excluding hydrogens is 186 g/mol. The van der Waals surface area contributed by atoms with Gasteiger partial charge in [0.2, 0.25) is 0 Å². The fourth-order valence-corrected chi connectivity index (χ4v) is 2.31. The van der Waals surface area contributed by atoms with Gasteiger partial charge in [0, 0.05) is 0 Å². The van der Waals surface area contributed by atoms with Crippen LogP contribution in [0.5, 0.6) is 0 Å². The van der Waals surface area contributed by atoms with E-state index in [1.54, 1.807) is 0 Å². The van der Waals surface area contributed by atoms with Gasteiger partial charge >= 0.3 is 5.95 Å². The average Bonchev–Trinajstić information content (AvgIpc) is 2.82. The van der Waals surface area contributed by atoms with E-state index in [9.17, 15) is 0 Å². The van der Waals surface area contributed by atoms with Crippen molar-refractivity contribution in [2.45, 2.75) is 13.1 Å². The van der Waals surface area contributed by atoms with Crippen LogP contribution < -0.4 is 9.88 Å².